The Hall–Kier alpha value is -2.59. The minimum absolute atomic E-state index is 0.147. The summed E-state index contributed by atoms with van der Waals surface area (Å²) < 4.78 is 0. The Bertz CT molecular complexity index is 944. The Kier molecular flexibility index (Phi) is 3.85. The molecule has 0 spiro atoms. The largest absolute Gasteiger partial charge is 0.383 e. The second-order valence-electron chi connectivity index (χ2n) is 6.90. The van der Waals surface area contributed by atoms with E-state index >= 15 is 0 Å². The number of amides is 1. The van der Waals surface area contributed by atoms with Gasteiger partial charge in [-0.1, -0.05) is 42.5 Å². The van der Waals surface area contributed by atoms with Gasteiger partial charge >= 0.3 is 0 Å². The van der Waals surface area contributed by atoms with Crippen molar-refractivity contribution in [1.82, 2.24) is 10.3 Å². The molecular formula is C21H22N2O2. The molecule has 4 rings (SSSR count). The van der Waals surface area contributed by atoms with E-state index in [1.54, 1.807) is 0 Å². The number of aliphatic hydroxyl groups is 1. The summed E-state index contributed by atoms with van der Waals surface area (Å²) in [5.41, 5.74) is 3.57. The first-order chi connectivity index (χ1) is 12.1. The Morgan fingerprint density at radius 3 is 2.84 bits per heavy atom. The molecule has 1 atom stereocenters. The van der Waals surface area contributed by atoms with Crippen LogP contribution in [0.4, 0.5) is 0 Å². The molecule has 0 saturated heterocycles. The second kappa shape index (κ2) is 6.05. The molecule has 4 heteroatoms. The van der Waals surface area contributed by atoms with Gasteiger partial charge in [0.1, 0.15) is 5.60 Å². The van der Waals surface area contributed by atoms with Crippen LogP contribution in [0.2, 0.25) is 0 Å². The highest BCUT2D eigenvalue weighted by molar-refractivity contribution is 6.08. The number of para-hydroxylation sites is 1. The fourth-order valence-electron chi connectivity index (χ4n) is 3.97. The van der Waals surface area contributed by atoms with Crippen LogP contribution in [0, 0.1) is 6.92 Å². The predicted molar refractivity (Wildman–Crippen MR) is 98.6 cm³/mol. The van der Waals surface area contributed by atoms with Crippen LogP contribution in [-0.4, -0.2) is 22.5 Å². The lowest BCUT2D eigenvalue weighted by Crippen LogP contribution is -2.43. The van der Waals surface area contributed by atoms with Gasteiger partial charge in [-0.3, -0.25) is 4.79 Å². The Morgan fingerprint density at radius 1 is 1.20 bits per heavy atom. The molecule has 3 aromatic rings. The predicted octanol–water partition coefficient (Wildman–Crippen LogP) is 3.43. The first-order valence-corrected chi connectivity index (χ1v) is 8.75. The number of carbonyl (C=O) groups excluding carboxylic acids is 1. The smallest absolute Gasteiger partial charge is 0.253 e. The fourth-order valence-corrected chi connectivity index (χ4v) is 3.97. The number of benzene rings is 2. The summed E-state index contributed by atoms with van der Waals surface area (Å²) in [7, 11) is 0. The molecule has 0 fully saturated rings. The third-order valence-corrected chi connectivity index (χ3v) is 5.22. The standard InChI is InChI=1S/C21H22N2O2/c1-14-19(16-9-3-5-11-18(16)23-14)20(24)22-13-21(25)12-6-8-15-7-2-4-10-17(15)21/h2-5,7,9-11,23,25H,6,8,12-13H2,1H3,(H,22,24). The van der Waals surface area contributed by atoms with E-state index in [4.69, 9.17) is 0 Å². The molecule has 1 heterocycles. The van der Waals surface area contributed by atoms with Crippen molar-refractivity contribution in [2.45, 2.75) is 31.8 Å². The Balaban J connectivity index is 1.59. The zero-order chi connectivity index (χ0) is 17.4. The van der Waals surface area contributed by atoms with E-state index in [0.717, 1.165) is 35.0 Å². The number of hydrogen-bond acceptors (Lipinski definition) is 2. The summed E-state index contributed by atoms with van der Waals surface area (Å²) in [4.78, 5) is 16.0. The lowest BCUT2D eigenvalue weighted by Gasteiger charge is -2.34. The molecule has 128 valence electrons. The van der Waals surface area contributed by atoms with Crippen LogP contribution in [0.1, 0.15) is 40.0 Å². The summed E-state index contributed by atoms with van der Waals surface area (Å²) in [5, 5.41) is 15.0. The molecular weight excluding hydrogens is 312 g/mol. The quantitative estimate of drug-likeness (QED) is 0.687. The van der Waals surface area contributed by atoms with Crippen molar-refractivity contribution in [3.63, 3.8) is 0 Å². The average Bonchev–Trinajstić information content (AvgIpc) is 2.96. The zero-order valence-corrected chi connectivity index (χ0v) is 14.3. The van der Waals surface area contributed by atoms with Gasteiger partial charge in [-0.05, 0) is 43.4 Å². The van der Waals surface area contributed by atoms with E-state index in [1.807, 2.05) is 49.4 Å². The van der Waals surface area contributed by atoms with Crippen LogP contribution in [0.25, 0.3) is 10.9 Å². The van der Waals surface area contributed by atoms with Crippen molar-refractivity contribution >= 4 is 16.8 Å². The zero-order valence-electron chi connectivity index (χ0n) is 14.3. The van der Waals surface area contributed by atoms with Crippen LogP contribution in [0.3, 0.4) is 0 Å². The topological polar surface area (TPSA) is 65.1 Å². The van der Waals surface area contributed by atoms with Gasteiger partial charge in [0, 0.05) is 16.6 Å². The maximum absolute atomic E-state index is 12.8. The van der Waals surface area contributed by atoms with E-state index in [0.29, 0.717) is 12.0 Å². The summed E-state index contributed by atoms with van der Waals surface area (Å²) in [6.07, 6.45) is 2.57. The van der Waals surface area contributed by atoms with Crippen LogP contribution in [0.15, 0.2) is 48.5 Å². The summed E-state index contributed by atoms with van der Waals surface area (Å²) in [6, 6.07) is 15.8. The Morgan fingerprint density at radius 2 is 1.96 bits per heavy atom. The lowest BCUT2D eigenvalue weighted by molar-refractivity contribution is 0.0189. The summed E-state index contributed by atoms with van der Waals surface area (Å²) in [5.74, 6) is -0.147. The minimum atomic E-state index is -0.996. The van der Waals surface area contributed by atoms with Crippen LogP contribution < -0.4 is 5.32 Å². The number of aromatic nitrogens is 1. The van der Waals surface area contributed by atoms with Crippen molar-refractivity contribution in [3.05, 3.63) is 70.9 Å². The van der Waals surface area contributed by atoms with Gasteiger partial charge in [-0.15, -0.1) is 0 Å². The number of nitrogens with one attached hydrogen (secondary N) is 2. The van der Waals surface area contributed by atoms with Gasteiger partial charge in [0.25, 0.3) is 5.91 Å². The molecule has 0 aliphatic heterocycles. The highest BCUT2D eigenvalue weighted by atomic mass is 16.3. The molecule has 0 bridgehead atoms. The molecule has 1 aliphatic carbocycles. The van der Waals surface area contributed by atoms with Crippen LogP contribution >= 0.6 is 0 Å². The van der Waals surface area contributed by atoms with Gasteiger partial charge in [-0.25, -0.2) is 0 Å². The number of fused-ring (bicyclic) bond motifs is 2. The van der Waals surface area contributed by atoms with Crippen molar-refractivity contribution in [2.24, 2.45) is 0 Å². The first-order valence-electron chi connectivity index (χ1n) is 8.75. The highest BCUT2D eigenvalue weighted by Crippen LogP contribution is 2.34. The number of rotatable bonds is 3. The van der Waals surface area contributed by atoms with Crippen molar-refractivity contribution in [2.75, 3.05) is 6.54 Å². The number of aromatic amines is 1. The normalized spacial score (nSPS) is 19.6. The first kappa shape index (κ1) is 15.9. The molecule has 0 radical (unpaired) electrons. The van der Waals surface area contributed by atoms with E-state index in [9.17, 15) is 9.90 Å². The minimum Gasteiger partial charge on any atom is -0.383 e. The molecule has 1 aromatic heterocycles. The maximum Gasteiger partial charge on any atom is 0.253 e. The van der Waals surface area contributed by atoms with Gasteiger partial charge in [0.2, 0.25) is 0 Å². The van der Waals surface area contributed by atoms with Crippen molar-refractivity contribution in [1.29, 1.82) is 0 Å². The molecule has 25 heavy (non-hydrogen) atoms. The fraction of sp³-hybridized carbons (Fsp3) is 0.286. The average molecular weight is 334 g/mol. The third kappa shape index (κ3) is 2.72. The van der Waals surface area contributed by atoms with Crippen molar-refractivity contribution in [3.8, 4) is 0 Å². The molecule has 4 nitrogen and oxygen atoms in total. The number of carbonyl (C=O) groups is 1. The Labute approximate surface area is 146 Å². The summed E-state index contributed by atoms with van der Waals surface area (Å²) in [6.45, 7) is 2.13. The maximum atomic E-state index is 12.8. The molecule has 1 amide bonds. The number of aryl methyl sites for hydroxylation is 2. The van der Waals surface area contributed by atoms with Gasteiger partial charge in [0.05, 0.1) is 12.1 Å². The van der Waals surface area contributed by atoms with Gasteiger partial charge in [0.15, 0.2) is 0 Å². The third-order valence-electron chi connectivity index (χ3n) is 5.22. The van der Waals surface area contributed by atoms with Crippen LogP contribution in [0.5, 0.6) is 0 Å². The van der Waals surface area contributed by atoms with E-state index in [2.05, 4.69) is 16.4 Å². The van der Waals surface area contributed by atoms with Gasteiger partial charge < -0.3 is 15.4 Å². The highest BCUT2D eigenvalue weighted by Gasteiger charge is 2.34. The van der Waals surface area contributed by atoms with Gasteiger partial charge in [-0.2, -0.15) is 0 Å². The molecule has 1 aliphatic rings. The molecule has 2 aromatic carbocycles. The second-order valence-corrected chi connectivity index (χ2v) is 6.90. The van der Waals surface area contributed by atoms with E-state index in [1.165, 1.54) is 5.56 Å². The molecule has 1 unspecified atom stereocenters. The lowest BCUT2D eigenvalue weighted by atomic mass is 9.79. The van der Waals surface area contributed by atoms with Crippen LogP contribution in [-0.2, 0) is 12.0 Å². The molecule has 0 saturated carbocycles. The SMILES string of the molecule is Cc1[nH]c2ccccc2c1C(=O)NCC1(O)CCCc2ccccc21. The number of H-pyrrole nitrogens is 1. The monoisotopic (exact) mass is 334 g/mol. The summed E-state index contributed by atoms with van der Waals surface area (Å²) >= 11 is 0. The number of hydrogen-bond donors (Lipinski definition) is 3. The van der Waals surface area contributed by atoms with E-state index < -0.39 is 5.60 Å². The molecule has 3 N–H and O–H groups in total. The van der Waals surface area contributed by atoms with E-state index in [-0.39, 0.29) is 12.5 Å². The van der Waals surface area contributed by atoms with Crippen molar-refractivity contribution < 1.29 is 9.90 Å².